The molecule has 2 aliphatic heterocycles. The van der Waals surface area contributed by atoms with Crippen LogP contribution in [0.25, 0.3) is 0 Å². The van der Waals surface area contributed by atoms with Crippen molar-refractivity contribution in [1.29, 1.82) is 0 Å². The van der Waals surface area contributed by atoms with E-state index in [9.17, 15) is 9.59 Å². The van der Waals surface area contributed by atoms with Gasteiger partial charge in [-0.3, -0.25) is 14.5 Å². The normalized spacial score (nSPS) is 19.3. The second-order valence-corrected chi connectivity index (χ2v) is 8.61. The fraction of sp³-hybridized carbons (Fsp3) is 0.652. The quantitative estimate of drug-likeness (QED) is 0.860. The van der Waals surface area contributed by atoms with Gasteiger partial charge in [-0.05, 0) is 70.7 Å². The van der Waals surface area contributed by atoms with Crippen LogP contribution < -0.4 is 5.32 Å². The van der Waals surface area contributed by atoms with E-state index < -0.39 is 0 Å². The van der Waals surface area contributed by atoms with Crippen LogP contribution in [-0.2, 0) is 9.59 Å². The minimum Gasteiger partial charge on any atom is -0.342 e. The third-order valence-electron chi connectivity index (χ3n) is 6.16. The van der Waals surface area contributed by atoms with Gasteiger partial charge < -0.3 is 10.2 Å². The van der Waals surface area contributed by atoms with E-state index in [-0.39, 0.29) is 11.8 Å². The maximum absolute atomic E-state index is 12.8. The molecule has 0 unspecified atom stereocenters. The minimum absolute atomic E-state index is 0.0346. The Morgan fingerprint density at radius 3 is 2.07 bits per heavy atom. The molecule has 0 aliphatic carbocycles. The molecular formula is C23H35N3O2. The summed E-state index contributed by atoms with van der Waals surface area (Å²) in [5, 5.41) is 3.09. The molecule has 0 atom stereocenters. The molecular weight excluding hydrogens is 350 g/mol. The lowest BCUT2D eigenvalue weighted by Gasteiger charge is -2.33. The zero-order valence-electron chi connectivity index (χ0n) is 17.7. The summed E-state index contributed by atoms with van der Waals surface area (Å²) in [5.74, 6) is 0.517. The summed E-state index contributed by atoms with van der Waals surface area (Å²) in [4.78, 5) is 29.6. The van der Waals surface area contributed by atoms with Gasteiger partial charge in [0.2, 0.25) is 11.8 Å². The van der Waals surface area contributed by atoms with Crippen LogP contribution in [0.1, 0.15) is 55.2 Å². The number of amides is 2. The molecule has 3 rings (SSSR count). The molecule has 1 aromatic carbocycles. The summed E-state index contributed by atoms with van der Waals surface area (Å²) >= 11 is 0. The Morgan fingerprint density at radius 2 is 1.50 bits per heavy atom. The van der Waals surface area contributed by atoms with E-state index in [1.54, 1.807) is 0 Å². The smallest absolute Gasteiger partial charge is 0.238 e. The summed E-state index contributed by atoms with van der Waals surface area (Å²) in [6, 6.07) is 4.20. The third-order valence-corrected chi connectivity index (χ3v) is 6.16. The molecule has 5 heteroatoms. The van der Waals surface area contributed by atoms with Crippen LogP contribution in [0.2, 0.25) is 0 Å². The maximum atomic E-state index is 12.8. The summed E-state index contributed by atoms with van der Waals surface area (Å²) in [7, 11) is 0. The van der Waals surface area contributed by atoms with Gasteiger partial charge >= 0.3 is 0 Å². The van der Waals surface area contributed by atoms with Crippen LogP contribution >= 0.6 is 0 Å². The molecule has 2 aliphatic rings. The van der Waals surface area contributed by atoms with Gasteiger partial charge in [0.1, 0.15) is 0 Å². The lowest BCUT2D eigenvalue weighted by Crippen LogP contribution is -2.44. The fourth-order valence-corrected chi connectivity index (χ4v) is 4.65. The Kier molecular flexibility index (Phi) is 7.11. The van der Waals surface area contributed by atoms with E-state index in [4.69, 9.17) is 0 Å². The molecule has 2 heterocycles. The number of hydrogen-bond donors (Lipinski definition) is 1. The molecule has 0 bridgehead atoms. The number of nitrogens with one attached hydrogen (secondary N) is 1. The van der Waals surface area contributed by atoms with Crippen molar-refractivity contribution in [2.75, 3.05) is 38.0 Å². The second kappa shape index (κ2) is 9.55. The Labute approximate surface area is 169 Å². The van der Waals surface area contributed by atoms with Crippen LogP contribution in [-0.4, -0.2) is 54.3 Å². The van der Waals surface area contributed by atoms with Crippen molar-refractivity contribution >= 4 is 17.5 Å². The number of aryl methyl sites for hydroxylation is 3. The number of anilines is 1. The van der Waals surface area contributed by atoms with E-state index in [0.29, 0.717) is 12.5 Å². The Balaban J connectivity index is 1.47. The monoisotopic (exact) mass is 385 g/mol. The first-order chi connectivity index (χ1) is 13.4. The van der Waals surface area contributed by atoms with Gasteiger partial charge in [0, 0.05) is 24.7 Å². The first-order valence-corrected chi connectivity index (χ1v) is 10.8. The number of nitrogens with zero attached hydrogens (tertiary/aromatic N) is 2. The van der Waals surface area contributed by atoms with Gasteiger partial charge in [0.25, 0.3) is 0 Å². The lowest BCUT2D eigenvalue weighted by atomic mass is 9.95. The zero-order chi connectivity index (χ0) is 20.1. The van der Waals surface area contributed by atoms with Crippen molar-refractivity contribution < 1.29 is 9.59 Å². The SMILES string of the molecule is Cc1cc(C)c(NC(=O)CN2CCC(C(=O)N3CCCCCC3)CC2)c(C)c1. The largest absolute Gasteiger partial charge is 0.342 e. The average molecular weight is 386 g/mol. The number of hydrogen-bond acceptors (Lipinski definition) is 3. The summed E-state index contributed by atoms with van der Waals surface area (Å²) in [5.41, 5.74) is 4.35. The topological polar surface area (TPSA) is 52.7 Å². The number of carbonyl (C=O) groups excluding carboxylic acids is 2. The van der Waals surface area contributed by atoms with Gasteiger partial charge in [-0.25, -0.2) is 0 Å². The maximum Gasteiger partial charge on any atom is 0.238 e. The van der Waals surface area contributed by atoms with Crippen molar-refractivity contribution in [3.05, 3.63) is 28.8 Å². The van der Waals surface area contributed by atoms with Gasteiger partial charge in [0.05, 0.1) is 6.54 Å². The molecule has 0 saturated carbocycles. The Hall–Kier alpha value is -1.88. The molecule has 2 saturated heterocycles. The predicted molar refractivity (Wildman–Crippen MR) is 113 cm³/mol. The fourth-order valence-electron chi connectivity index (χ4n) is 4.65. The molecule has 0 radical (unpaired) electrons. The highest BCUT2D eigenvalue weighted by molar-refractivity contribution is 5.93. The van der Waals surface area contributed by atoms with Crippen LogP contribution in [0.4, 0.5) is 5.69 Å². The van der Waals surface area contributed by atoms with Gasteiger partial charge in [-0.1, -0.05) is 30.5 Å². The first kappa shape index (κ1) is 20.8. The molecule has 0 aromatic heterocycles. The molecule has 0 spiro atoms. The van der Waals surface area contributed by atoms with Gasteiger partial charge in [-0.15, -0.1) is 0 Å². The van der Waals surface area contributed by atoms with Gasteiger partial charge in [0.15, 0.2) is 0 Å². The Morgan fingerprint density at radius 1 is 0.929 bits per heavy atom. The minimum atomic E-state index is 0.0346. The van der Waals surface area contributed by atoms with E-state index in [1.165, 1.54) is 18.4 Å². The number of rotatable bonds is 4. The van der Waals surface area contributed by atoms with Gasteiger partial charge in [-0.2, -0.15) is 0 Å². The lowest BCUT2D eigenvalue weighted by molar-refractivity contribution is -0.137. The van der Waals surface area contributed by atoms with E-state index in [1.807, 2.05) is 13.8 Å². The molecule has 2 amide bonds. The highest BCUT2D eigenvalue weighted by Crippen LogP contribution is 2.23. The highest BCUT2D eigenvalue weighted by Gasteiger charge is 2.29. The van der Waals surface area contributed by atoms with Crippen LogP contribution in [0.3, 0.4) is 0 Å². The van der Waals surface area contributed by atoms with Crippen molar-refractivity contribution in [2.45, 2.75) is 59.3 Å². The van der Waals surface area contributed by atoms with Crippen molar-refractivity contribution in [3.63, 3.8) is 0 Å². The summed E-state index contributed by atoms with van der Waals surface area (Å²) in [6.07, 6.45) is 6.51. The molecule has 2 fully saturated rings. The zero-order valence-corrected chi connectivity index (χ0v) is 17.7. The molecule has 1 N–H and O–H groups in total. The second-order valence-electron chi connectivity index (χ2n) is 8.61. The van der Waals surface area contributed by atoms with E-state index in [0.717, 1.165) is 68.7 Å². The van der Waals surface area contributed by atoms with Crippen molar-refractivity contribution in [1.82, 2.24) is 9.80 Å². The Bertz CT molecular complexity index is 677. The molecule has 154 valence electrons. The van der Waals surface area contributed by atoms with Crippen LogP contribution in [0.5, 0.6) is 0 Å². The molecule has 1 aromatic rings. The average Bonchev–Trinajstić information content (AvgIpc) is 2.94. The third kappa shape index (κ3) is 5.34. The standard InChI is InChI=1S/C23H35N3O2/c1-17-14-18(2)22(19(3)15-17)24-21(27)16-25-12-8-20(9-13-25)23(28)26-10-6-4-5-7-11-26/h14-15,20H,4-13,16H2,1-3H3,(H,24,27). The van der Waals surface area contributed by atoms with E-state index >= 15 is 0 Å². The van der Waals surface area contributed by atoms with Crippen LogP contribution in [0.15, 0.2) is 12.1 Å². The predicted octanol–water partition coefficient (Wildman–Crippen LogP) is 3.66. The number of carbonyl (C=O) groups is 2. The number of benzene rings is 1. The van der Waals surface area contributed by atoms with Crippen molar-refractivity contribution in [2.24, 2.45) is 5.92 Å². The number of likely N-dealkylation sites (tertiary alicyclic amines) is 2. The van der Waals surface area contributed by atoms with Crippen LogP contribution in [0, 0.1) is 26.7 Å². The molecule has 28 heavy (non-hydrogen) atoms. The molecule has 5 nitrogen and oxygen atoms in total. The van der Waals surface area contributed by atoms with Crippen molar-refractivity contribution in [3.8, 4) is 0 Å². The summed E-state index contributed by atoms with van der Waals surface area (Å²) < 4.78 is 0. The number of piperidine rings is 1. The highest BCUT2D eigenvalue weighted by atomic mass is 16.2. The van der Waals surface area contributed by atoms with E-state index in [2.05, 4.69) is 34.2 Å². The first-order valence-electron chi connectivity index (χ1n) is 10.8. The summed E-state index contributed by atoms with van der Waals surface area (Å²) in [6.45, 7) is 10.0.